The van der Waals surface area contributed by atoms with Crippen molar-refractivity contribution in [2.45, 2.75) is 19.4 Å². The lowest BCUT2D eigenvalue weighted by atomic mass is 9.87. The van der Waals surface area contributed by atoms with E-state index in [1.54, 1.807) is 19.1 Å². The number of hydrogen-bond acceptors (Lipinski definition) is 7. The molecule has 2 heterocycles. The monoisotopic (exact) mass is 564 g/mol. The van der Waals surface area contributed by atoms with E-state index in [2.05, 4.69) is 5.16 Å². The molecule has 1 amide bonds. The zero-order valence-electron chi connectivity index (χ0n) is 22.1. The van der Waals surface area contributed by atoms with Crippen molar-refractivity contribution < 1.29 is 32.7 Å². The van der Waals surface area contributed by atoms with E-state index in [4.69, 9.17) is 30.3 Å². The Labute approximate surface area is 235 Å². The summed E-state index contributed by atoms with van der Waals surface area (Å²) in [5.41, 5.74) is 2.54. The Hall–Kier alpha value is -4.37. The van der Waals surface area contributed by atoms with Crippen molar-refractivity contribution in [2.24, 2.45) is 0 Å². The number of benzene rings is 3. The minimum atomic E-state index is -0.874. The molecule has 1 atom stereocenters. The van der Waals surface area contributed by atoms with Crippen LogP contribution >= 0.6 is 11.6 Å². The number of amides is 1. The van der Waals surface area contributed by atoms with Crippen LogP contribution in [0, 0.1) is 12.7 Å². The summed E-state index contributed by atoms with van der Waals surface area (Å²) in [5.74, 6) is -0.678. The van der Waals surface area contributed by atoms with Gasteiger partial charge in [0.15, 0.2) is 18.1 Å². The minimum Gasteiger partial charge on any atom is -0.493 e. The highest BCUT2D eigenvalue weighted by molar-refractivity contribution is 6.33. The number of nitrogens with zero attached hydrogens (tertiary/aromatic N) is 2. The van der Waals surface area contributed by atoms with Crippen LogP contribution < -0.4 is 9.47 Å². The van der Waals surface area contributed by atoms with E-state index in [-0.39, 0.29) is 27.6 Å². The summed E-state index contributed by atoms with van der Waals surface area (Å²) in [6.07, 6.45) is 0.569. The lowest BCUT2D eigenvalue weighted by Crippen LogP contribution is -2.42. The normalized spacial score (nSPS) is 14.4. The molecule has 4 aromatic rings. The lowest BCUT2D eigenvalue weighted by molar-refractivity contribution is -0.136. The summed E-state index contributed by atoms with van der Waals surface area (Å²) in [5, 5.41) is 3.89. The number of rotatable bonds is 7. The average molecular weight is 565 g/mol. The summed E-state index contributed by atoms with van der Waals surface area (Å²) in [6, 6.07) is 17.1. The van der Waals surface area contributed by atoms with Crippen molar-refractivity contribution >= 4 is 23.5 Å². The molecule has 40 heavy (non-hydrogen) atoms. The van der Waals surface area contributed by atoms with Crippen molar-refractivity contribution in [1.82, 2.24) is 10.1 Å². The van der Waals surface area contributed by atoms with Crippen LogP contribution in [0.4, 0.5) is 4.39 Å². The number of aromatic nitrogens is 1. The average Bonchev–Trinajstić information content (AvgIpc) is 3.35. The number of ether oxygens (including phenoxy) is 3. The van der Waals surface area contributed by atoms with Gasteiger partial charge in [-0.15, -0.1) is 0 Å². The SMILES string of the molecule is COc1cc2c(cc1OC)C(c1ccccc1)N(C(=O)COC(=O)c1c(-c3c(F)cccc3Cl)noc1C)CC2. The molecule has 8 nitrogen and oxygen atoms in total. The van der Waals surface area contributed by atoms with Gasteiger partial charge in [-0.25, -0.2) is 9.18 Å². The number of methoxy groups -OCH3 is 2. The molecule has 0 saturated carbocycles. The molecule has 1 unspecified atom stereocenters. The summed E-state index contributed by atoms with van der Waals surface area (Å²) < 4.78 is 36.2. The molecule has 3 aromatic carbocycles. The number of hydrogen-bond donors (Lipinski definition) is 0. The number of carbonyl (C=O) groups is 2. The van der Waals surface area contributed by atoms with Gasteiger partial charge in [0.2, 0.25) is 0 Å². The fourth-order valence-electron chi connectivity index (χ4n) is 5.00. The summed E-state index contributed by atoms with van der Waals surface area (Å²) in [7, 11) is 3.14. The number of esters is 1. The first-order valence-corrected chi connectivity index (χ1v) is 12.9. The molecular weight excluding hydrogens is 539 g/mol. The van der Waals surface area contributed by atoms with Gasteiger partial charge in [0, 0.05) is 6.54 Å². The van der Waals surface area contributed by atoms with E-state index in [9.17, 15) is 14.0 Å². The summed E-state index contributed by atoms with van der Waals surface area (Å²) in [6.45, 7) is 1.35. The number of halogens is 2. The van der Waals surface area contributed by atoms with Gasteiger partial charge in [-0.2, -0.15) is 0 Å². The molecule has 1 aromatic heterocycles. The molecule has 206 valence electrons. The van der Waals surface area contributed by atoms with Crippen molar-refractivity contribution in [3.05, 3.63) is 99.5 Å². The second kappa shape index (κ2) is 11.4. The fraction of sp³-hybridized carbons (Fsp3) is 0.233. The number of fused-ring (bicyclic) bond motifs is 1. The van der Waals surface area contributed by atoms with E-state index in [1.165, 1.54) is 25.1 Å². The molecule has 0 N–H and O–H groups in total. The smallest absolute Gasteiger partial charge is 0.344 e. The molecule has 5 rings (SSSR count). The van der Waals surface area contributed by atoms with E-state index < -0.39 is 30.3 Å². The van der Waals surface area contributed by atoms with Crippen molar-refractivity contribution in [3.8, 4) is 22.8 Å². The van der Waals surface area contributed by atoms with Crippen LogP contribution in [0.5, 0.6) is 11.5 Å². The van der Waals surface area contributed by atoms with Gasteiger partial charge >= 0.3 is 5.97 Å². The Morgan fingerprint density at radius 2 is 1.80 bits per heavy atom. The van der Waals surface area contributed by atoms with Crippen LogP contribution in [0.2, 0.25) is 5.02 Å². The summed E-state index contributed by atoms with van der Waals surface area (Å²) >= 11 is 6.18. The maximum absolute atomic E-state index is 14.6. The Bertz CT molecular complexity index is 1550. The van der Waals surface area contributed by atoms with Crippen molar-refractivity contribution in [3.63, 3.8) is 0 Å². The van der Waals surface area contributed by atoms with E-state index >= 15 is 0 Å². The van der Waals surface area contributed by atoms with Crippen LogP contribution in [-0.2, 0) is 16.0 Å². The van der Waals surface area contributed by atoms with E-state index in [1.807, 2.05) is 42.5 Å². The molecule has 0 fully saturated rings. The Morgan fingerprint density at radius 3 is 2.50 bits per heavy atom. The topological polar surface area (TPSA) is 91.1 Å². The fourth-order valence-corrected chi connectivity index (χ4v) is 5.25. The first kappa shape index (κ1) is 27.2. The van der Waals surface area contributed by atoms with E-state index in [0.29, 0.717) is 24.5 Å². The van der Waals surface area contributed by atoms with Crippen LogP contribution in [0.1, 0.15) is 38.9 Å². The highest BCUT2D eigenvalue weighted by Gasteiger charge is 2.34. The Balaban J connectivity index is 1.42. The molecular formula is C30H26ClFN2O6. The maximum Gasteiger partial charge on any atom is 0.344 e. The van der Waals surface area contributed by atoms with Gasteiger partial charge < -0.3 is 23.6 Å². The quantitative estimate of drug-likeness (QED) is 0.262. The zero-order chi connectivity index (χ0) is 28.4. The highest BCUT2D eigenvalue weighted by Crippen LogP contribution is 2.41. The Morgan fingerprint density at radius 1 is 1.07 bits per heavy atom. The lowest BCUT2D eigenvalue weighted by Gasteiger charge is -2.38. The van der Waals surface area contributed by atoms with Crippen molar-refractivity contribution in [1.29, 1.82) is 0 Å². The van der Waals surface area contributed by atoms with Gasteiger partial charge in [0.25, 0.3) is 5.91 Å². The second-order valence-electron chi connectivity index (χ2n) is 9.19. The minimum absolute atomic E-state index is 0.0585. The number of carbonyl (C=O) groups excluding carboxylic acids is 2. The second-order valence-corrected chi connectivity index (χ2v) is 9.60. The molecule has 0 bridgehead atoms. The van der Waals surface area contributed by atoms with E-state index in [0.717, 1.165) is 16.7 Å². The van der Waals surface area contributed by atoms with Crippen LogP contribution in [0.25, 0.3) is 11.3 Å². The van der Waals surface area contributed by atoms with Crippen LogP contribution in [0.15, 0.2) is 65.2 Å². The first-order valence-electron chi connectivity index (χ1n) is 12.5. The molecule has 10 heteroatoms. The van der Waals surface area contributed by atoms with Gasteiger partial charge in [0.1, 0.15) is 22.8 Å². The predicted molar refractivity (Wildman–Crippen MR) is 145 cm³/mol. The van der Waals surface area contributed by atoms with Gasteiger partial charge in [-0.3, -0.25) is 4.79 Å². The molecule has 0 radical (unpaired) electrons. The molecule has 0 saturated heterocycles. The molecule has 0 spiro atoms. The number of aryl methyl sites for hydroxylation is 1. The molecule has 1 aliphatic heterocycles. The van der Waals surface area contributed by atoms with Crippen molar-refractivity contribution in [2.75, 3.05) is 27.4 Å². The van der Waals surface area contributed by atoms with Gasteiger partial charge in [-0.1, -0.05) is 53.2 Å². The molecule has 0 aliphatic carbocycles. The third kappa shape index (κ3) is 5.00. The maximum atomic E-state index is 14.6. The third-order valence-electron chi connectivity index (χ3n) is 6.90. The third-order valence-corrected chi connectivity index (χ3v) is 7.22. The first-order chi connectivity index (χ1) is 19.3. The van der Waals surface area contributed by atoms with Crippen LogP contribution in [-0.4, -0.2) is 49.3 Å². The highest BCUT2D eigenvalue weighted by atomic mass is 35.5. The standard InChI is InChI=1S/C30H26ClFN2O6/c1-17-26(28(33-40-17)27-21(31)10-7-11-22(27)32)30(36)39-16-25(35)34-13-12-19-14-23(37-2)24(38-3)15-20(19)29(34)18-8-5-4-6-9-18/h4-11,14-15,29H,12-13,16H2,1-3H3. The molecule has 1 aliphatic rings. The van der Waals surface area contributed by atoms with Crippen LogP contribution in [0.3, 0.4) is 0 Å². The largest absolute Gasteiger partial charge is 0.493 e. The van der Waals surface area contributed by atoms with Gasteiger partial charge in [0.05, 0.1) is 30.8 Å². The summed E-state index contributed by atoms with van der Waals surface area (Å²) in [4.78, 5) is 28.4. The zero-order valence-corrected chi connectivity index (χ0v) is 22.8. The predicted octanol–water partition coefficient (Wildman–Crippen LogP) is 5.79. The Kier molecular flexibility index (Phi) is 7.75. The van der Waals surface area contributed by atoms with Gasteiger partial charge in [-0.05, 0) is 54.3 Å².